The quantitative estimate of drug-likeness (QED) is 0.279. The van der Waals surface area contributed by atoms with Crippen LogP contribution in [0.5, 0.6) is 17.2 Å². The number of aliphatic imine (C=N–C) groups is 1. The normalized spacial score (nSPS) is 12.4. The molecule has 1 heterocycles. The number of amides is 1. The molecule has 0 spiro atoms. The summed E-state index contributed by atoms with van der Waals surface area (Å²) in [6.45, 7) is 3.80. The lowest BCUT2D eigenvalue weighted by molar-refractivity contribution is -0.119. The maximum absolute atomic E-state index is 10.5. The van der Waals surface area contributed by atoms with Crippen LogP contribution in [0.3, 0.4) is 0 Å². The number of hydrogen-bond donors (Lipinski definition) is 5. The Labute approximate surface area is 209 Å². The van der Waals surface area contributed by atoms with Crippen molar-refractivity contribution in [3.8, 4) is 17.2 Å². The number of fused-ring (bicyclic) bond motifs is 1. The van der Waals surface area contributed by atoms with Gasteiger partial charge in [-0.05, 0) is 67.1 Å². The second-order valence-corrected chi connectivity index (χ2v) is 8.04. The minimum absolute atomic E-state index is 0.0527. The van der Waals surface area contributed by atoms with Crippen molar-refractivity contribution in [2.75, 3.05) is 18.6 Å². The first-order chi connectivity index (χ1) is 17.2. The SMILES string of the molecule is CC(=O)NCc1ccc(O)cc1.COc1ccc2c(c1)C(c1ccc(O)cc1)=NCC(=N)N2C(C)=N. The summed E-state index contributed by atoms with van der Waals surface area (Å²) in [6, 6.07) is 19.0. The molecule has 0 aliphatic carbocycles. The molecule has 1 aliphatic rings. The molecule has 0 saturated carbocycles. The Balaban J connectivity index is 0.000000253. The van der Waals surface area contributed by atoms with Crippen LogP contribution in [0.2, 0.25) is 0 Å². The van der Waals surface area contributed by atoms with E-state index in [1.807, 2.05) is 18.2 Å². The van der Waals surface area contributed by atoms with Crippen molar-refractivity contribution >= 4 is 29.0 Å². The monoisotopic (exact) mass is 487 g/mol. The van der Waals surface area contributed by atoms with Gasteiger partial charge in [-0.1, -0.05) is 12.1 Å². The van der Waals surface area contributed by atoms with Crippen LogP contribution in [0.25, 0.3) is 0 Å². The highest BCUT2D eigenvalue weighted by molar-refractivity contribution is 6.25. The van der Waals surface area contributed by atoms with Crippen LogP contribution in [0.4, 0.5) is 5.69 Å². The number of benzene rings is 3. The summed E-state index contributed by atoms with van der Waals surface area (Å²) in [5.41, 5.74) is 4.02. The lowest BCUT2D eigenvalue weighted by atomic mass is 9.99. The Morgan fingerprint density at radius 2 is 1.64 bits per heavy atom. The van der Waals surface area contributed by atoms with Gasteiger partial charge in [-0.3, -0.25) is 25.5 Å². The molecule has 36 heavy (non-hydrogen) atoms. The van der Waals surface area contributed by atoms with Gasteiger partial charge in [0.2, 0.25) is 5.91 Å². The third kappa shape index (κ3) is 6.47. The first kappa shape index (κ1) is 26.0. The molecular weight excluding hydrogens is 458 g/mol. The fraction of sp³-hybridized carbons (Fsp3) is 0.185. The number of phenols is 2. The highest BCUT2D eigenvalue weighted by atomic mass is 16.5. The zero-order valence-electron chi connectivity index (χ0n) is 20.4. The molecular formula is C27H29N5O4. The number of hydrogen-bond acceptors (Lipinski definition) is 7. The molecule has 4 rings (SSSR count). The van der Waals surface area contributed by atoms with E-state index in [2.05, 4.69) is 10.3 Å². The fourth-order valence-electron chi connectivity index (χ4n) is 3.57. The zero-order valence-corrected chi connectivity index (χ0v) is 20.4. The summed E-state index contributed by atoms with van der Waals surface area (Å²) in [4.78, 5) is 16.7. The smallest absolute Gasteiger partial charge is 0.217 e. The molecule has 0 saturated heterocycles. The Morgan fingerprint density at radius 1 is 1.03 bits per heavy atom. The highest BCUT2D eigenvalue weighted by Gasteiger charge is 2.25. The molecule has 0 unspecified atom stereocenters. The minimum atomic E-state index is -0.0527. The standard InChI is InChI=1S/C18H18N4O2.C9H11NO2/c1-11(19)22-16-8-7-14(24-2)9-15(16)18(21-10-17(22)20)12-3-5-13(23)6-4-12;1-7(11)10-6-8-2-4-9(12)5-3-8/h3-9,19-20,23H,10H2,1-2H3;2-5,12H,6H2,1H3,(H,10,11). The molecule has 3 aromatic rings. The fourth-order valence-corrected chi connectivity index (χ4v) is 3.57. The number of phenolic OH excluding ortho intramolecular Hbond substituents is 2. The molecule has 0 fully saturated rings. The second-order valence-electron chi connectivity index (χ2n) is 8.04. The number of amidine groups is 2. The number of methoxy groups -OCH3 is 1. The average Bonchev–Trinajstić information content (AvgIpc) is 3.00. The van der Waals surface area contributed by atoms with E-state index in [4.69, 9.17) is 20.7 Å². The van der Waals surface area contributed by atoms with Crippen molar-refractivity contribution in [1.29, 1.82) is 10.8 Å². The molecule has 9 heteroatoms. The summed E-state index contributed by atoms with van der Waals surface area (Å²) >= 11 is 0. The zero-order chi connectivity index (χ0) is 26.2. The van der Waals surface area contributed by atoms with Gasteiger partial charge in [-0.2, -0.15) is 0 Å². The predicted octanol–water partition coefficient (Wildman–Crippen LogP) is 4.06. The van der Waals surface area contributed by atoms with Gasteiger partial charge in [0.05, 0.1) is 25.1 Å². The van der Waals surface area contributed by atoms with E-state index in [0.717, 1.165) is 22.4 Å². The molecule has 0 radical (unpaired) electrons. The first-order valence-electron chi connectivity index (χ1n) is 11.2. The van der Waals surface area contributed by atoms with Gasteiger partial charge in [-0.15, -0.1) is 0 Å². The van der Waals surface area contributed by atoms with Gasteiger partial charge in [0.15, 0.2) is 0 Å². The van der Waals surface area contributed by atoms with E-state index < -0.39 is 0 Å². The molecule has 1 amide bonds. The van der Waals surface area contributed by atoms with Crippen molar-refractivity contribution in [2.45, 2.75) is 20.4 Å². The number of ether oxygens (including phenoxy) is 1. The molecule has 0 aromatic heterocycles. The topological polar surface area (TPSA) is 142 Å². The summed E-state index contributed by atoms with van der Waals surface area (Å²) < 4.78 is 5.33. The Morgan fingerprint density at radius 3 is 2.19 bits per heavy atom. The van der Waals surface area contributed by atoms with Gasteiger partial charge >= 0.3 is 0 Å². The number of rotatable bonds is 4. The Kier molecular flexibility index (Phi) is 8.40. The maximum Gasteiger partial charge on any atom is 0.217 e. The molecule has 186 valence electrons. The van der Waals surface area contributed by atoms with Crippen LogP contribution in [-0.2, 0) is 11.3 Å². The Bertz CT molecular complexity index is 1280. The number of benzodiazepines with no additional fused rings is 1. The molecule has 3 aromatic carbocycles. The molecule has 0 bridgehead atoms. The summed E-state index contributed by atoms with van der Waals surface area (Å²) in [5, 5.41) is 37.4. The van der Waals surface area contributed by atoms with E-state index in [9.17, 15) is 9.90 Å². The summed E-state index contributed by atoms with van der Waals surface area (Å²) in [6.07, 6.45) is 0. The number of carbonyl (C=O) groups is 1. The summed E-state index contributed by atoms with van der Waals surface area (Å²) in [7, 11) is 1.59. The third-order valence-corrected chi connectivity index (χ3v) is 5.31. The van der Waals surface area contributed by atoms with Crippen LogP contribution in [0.1, 0.15) is 30.5 Å². The van der Waals surface area contributed by atoms with E-state index in [1.165, 1.54) is 6.92 Å². The van der Waals surface area contributed by atoms with E-state index in [-0.39, 0.29) is 35.6 Å². The van der Waals surface area contributed by atoms with Crippen molar-refractivity contribution < 1.29 is 19.7 Å². The second kappa shape index (κ2) is 11.7. The average molecular weight is 488 g/mol. The van der Waals surface area contributed by atoms with Crippen molar-refractivity contribution in [3.05, 3.63) is 83.4 Å². The largest absolute Gasteiger partial charge is 0.508 e. The van der Waals surface area contributed by atoms with Crippen LogP contribution in [0.15, 0.2) is 71.7 Å². The van der Waals surface area contributed by atoms with Gasteiger partial charge in [0, 0.05) is 24.6 Å². The minimum Gasteiger partial charge on any atom is -0.508 e. The van der Waals surface area contributed by atoms with Crippen molar-refractivity contribution in [1.82, 2.24) is 5.32 Å². The van der Waals surface area contributed by atoms with Crippen LogP contribution < -0.4 is 15.0 Å². The highest BCUT2D eigenvalue weighted by Crippen LogP contribution is 2.31. The first-order valence-corrected chi connectivity index (χ1v) is 11.2. The Hall–Kier alpha value is -4.66. The number of anilines is 1. The molecule has 0 atom stereocenters. The van der Waals surface area contributed by atoms with Gasteiger partial charge < -0.3 is 20.3 Å². The number of aromatic hydroxyl groups is 2. The van der Waals surface area contributed by atoms with Crippen LogP contribution >= 0.6 is 0 Å². The van der Waals surface area contributed by atoms with Gasteiger partial charge in [0.1, 0.15) is 28.9 Å². The summed E-state index contributed by atoms with van der Waals surface area (Å²) in [5.74, 6) is 1.54. The van der Waals surface area contributed by atoms with E-state index in [1.54, 1.807) is 67.5 Å². The van der Waals surface area contributed by atoms with Crippen molar-refractivity contribution in [2.24, 2.45) is 4.99 Å². The lowest BCUT2D eigenvalue weighted by Gasteiger charge is -2.24. The van der Waals surface area contributed by atoms with Crippen LogP contribution in [0, 0.1) is 10.8 Å². The lowest BCUT2D eigenvalue weighted by Crippen LogP contribution is -2.35. The number of nitrogens with zero attached hydrogens (tertiary/aromatic N) is 2. The van der Waals surface area contributed by atoms with Gasteiger partial charge in [-0.25, -0.2) is 0 Å². The molecule has 1 aliphatic heterocycles. The molecule has 5 N–H and O–H groups in total. The maximum atomic E-state index is 10.5. The van der Waals surface area contributed by atoms with E-state index >= 15 is 0 Å². The van der Waals surface area contributed by atoms with Crippen LogP contribution in [-0.4, -0.2) is 47.2 Å². The predicted molar refractivity (Wildman–Crippen MR) is 141 cm³/mol. The third-order valence-electron chi connectivity index (χ3n) is 5.31. The van der Waals surface area contributed by atoms with Gasteiger partial charge in [0.25, 0.3) is 0 Å². The molecule has 9 nitrogen and oxygen atoms in total. The number of carbonyl (C=O) groups excluding carboxylic acids is 1. The van der Waals surface area contributed by atoms with E-state index in [0.29, 0.717) is 18.0 Å². The number of nitrogens with one attached hydrogen (secondary N) is 3. The van der Waals surface area contributed by atoms with Crippen molar-refractivity contribution in [3.63, 3.8) is 0 Å².